The molecule has 1 aromatic carbocycles. The molecule has 3 aromatic rings. The van der Waals surface area contributed by atoms with Crippen LogP contribution in [-0.4, -0.2) is 40.2 Å². The topological polar surface area (TPSA) is 71.0 Å². The van der Waals surface area contributed by atoms with Gasteiger partial charge in [0.2, 0.25) is 0 Å². The van der Waals surface area contributed by atoms with E-state index in [-0.39, 0.29) is 17.8 Å². The lowest BCUT2D eigenvalue weighted by atomic mass is 10.0. The molecule has 0 aliphatic carbocycles. The summed E-state index contributed by atoms with van der Waals surface area (Å²) in [5.41, 5.74) is 1.97. The number of hydrogen-bond acceptors (Lipinski definition) is 5. The monoisotopic (exact) mass is 377 g/mol. The van der Waals surface area contributed by atoms with Crippen LogP contribution in [0.4, 0.5) is 10.2 Å². The van der Waals surface area contributed by atoms with E-state index in [0.717, 1.165) is 31.7 Å². The molecule has 4 rings (SSSR count). The van der Waals surface area contributed by atoms with E-state index in [1.807, 2.05) is 18.2 Å². The Kier molecular flexibility index (Phi) is 5.23. The Labute approximate surface area is 162 Å². The van der Waals surface area contributed by atoms with Gasteiger partial charge in [0.05, 0.1) is 5.69 Å². The second-order valence-electron chi connectivity index (χ2n) is 6.76. The molecule has 28 heavy (non-hydrogen) atoms. The maximum absolute atomic E-state index is 13.4. The minimum atomic E-state index is -0.292. The van der Waals surface area contributed by atoms with E-state index in [1.165, 1.54) is 12.1 Å². The third kappa shape index (κ3) is 4.14. The van der Waals surface area contributed by atoms with E-state index in [0.29, 0.717) is 16.8 Å². The lowest BCUT2D eigenvalue weighted by molar-refractivity contribution is 0.0931. The molecule has 1 fully saturated rings. The van der Waals surface area contributed by atoms with Crippen LogP contribution in [0, 0.1) is 5.82 Å². The van der Waals surface area contributed by atoms with Crippen LogP contribution >= 0.6 is 0 Å². The van der Waals surface area contributed by atoms with E-state index in [9.17, 15) is 9.18 Å². The number of amides is 1. The molecular formula is C21H20FN5O. The Morgan fingerprint density at radius 1 is 1.04 bits per heavy atom. The summed E-state index contributed by atoms with van der Waals surface area (Å²) in [5.74, 6) is 0.429. The Morgan fingerprint density at radius 3 is 2.50 bits per heavy atom. The number of anilines is 1. The molecule has 0 bridgehead atoms. The highest BCUT2D eigenvalue weighted by molar-refractivity contribution is 5.94. The van der Waals surface area contributed by atoms with Gasteiger partial charge in [-0.25, -0.2) is 4.39 Å². The van der Waals surface area contributed by atoms with Gasteiger partial charge in [-0.3, -0.25) is 9.78 Å². The van der Waals surface area contributed by atoms with Gasteiger partial charge >= 0.3 is 0 Å². The van der Waals surface area contributed by atoms with Crippen LogP contribution in [0.2, 0.25) is 0 Å². The van der Waals surface area contributed by atoms with Crippen molar-refractivity contribution in [2.45, 2.75) is 18.9 Å². The van der Waals surface area contributed by atoms with Crippen molar-refractivity contribution >= 4 is 11.7 Å². The molecule has 1 N–H and O–H groups in total. The summed E-state index contributed by atoms with van der Waals surface area (Å²) >= 11 is 0. The smallest absolute Gasteiger partial charge is 0.251 e. The summed E-state index contributed by atoms with van der Waals surface area (Å²) in [7, 11) is 0. The molecule has 1 aliphatic heterocycles. The number of nitrogens with zero attached hydrogens (tertiary/aromatic N) is 4. The molecule has 3 heterocycles. The molecule has 2 aromatic heterocycles. The molecule has 1 amide bonds. The number of carbonyl (C=O) groups excluding carboxylic acids is 1. The van der Waals surface area contributed by atoms with Gasteiger partial charge in [0.25, 0.3) is 5.91 Å². The SMILES string of the molecule is O=C(NC1CCN(c2ccc(-c3cccc(F)c3)nn2)CC1)c1ccncc1. The fraction of sp³-hybridized carbons (Fsp3) is 0.238. The molecule has 0 saturated carbocycles. The van der Waals surface area contributed by atoms with Crippen molar-refractivity contribution in [1.29, 1.82) is 0 Å². The summed E-state index contributed by atoms with van der Waals surface area (Å²) in [6.45, 7) is 1.57. The molecule has 0 radical (unpaired) electrons. The maximum atomic E-state index is 13.4. The van der Waals surface area contributed by atoms with Crippen LogP contribution < -0.4 is 10.2 Å². The first-order chi connectivity index (χ1) is 13.7. The Hall–Kier alpha value is -3.35. The van der Waals surface area contributed by atoms with Gasteiger partial charge in [0.15, 0.2) is 5.82 Å². The molecule has 1 saturated heterocycles. The second kappa shape index (κ2) is 8.12. The van der Waals surface area contributed by atoms with Crippen molar-refractivity contribution in [3.8, 4) is 11.3 Å². The number of carbonyl (C=O) groups is 1. The molecule has 0 spiro atoms. The van der Waals surface area contributed by atoms with Gasteiger partial charge in [-0.15, -0.1) is 10.2 Å². The quantitative estimate of drug-likeness (QED) is 0.757. The van der Waals surface area contributed by atoms with Gasteiger partial charge in [0.1, 0.15) is 5.82 Å². The van der Waals surface area contributed by atoms with Crippen LogP contribution in [0.25, 0.3) is 11.3 Å². The number of aromatic nitrogens is 3. The summed E-state index contributed by atoms with van der Waals surface area (Å²) in [5, 5.41) is 11.6. The molecule has 1 aliphatic rings. The van der Waals surface area contributed by atoms with Gasteiger partial charge in [-0.1, -0.05) is 12.1 Å². The molecule has 0 atom stereocenters. The predicted octanol–water partition coefficient (Wildman–Crippen LogP) is 3.08. The number of pyridine rings is 1. The van der Waals surface area contributed by atoms with Gasteiger partial charge in [0, 0.05) is 42.7 Å². The fourth-order valence-electron chi connectivity index (χ4n) is 3.32. The second-order valence-corrected chi connectivity index (χ2v) is 6.76. The van der Waals surface area contributed by atoms with Crippen molar-refractivity contribution in [2.24, 2.45) is 0 Å². The zero-order chi connectivity index (χ0) is 19.3. The number of nitrogens with one attached hydrogen (secondary N) is 1. The average Bonchev–Trinajstić information content (AvgIpc) is 2.75. The summed E-state index contributed by atoms with van der Waals surface area (Å²) in [6, 6.07) is 13.6. The van der Waals surface area contributed by atoms with E-state index in [2.05, 4.69) is 25.4 Å². The van der Waals surface area contributed by atoms with Crippen molar-refractivity contribution in [3.63, 3.8) is 0 Å². The number of piperidine rings is 1. The Morgan fingerprint density at radius 2 is 1.82 bits per heavy atom. The van der Waals surface area contributed by atoms with E-state index >= 15 is 0 Å². The van der Waals surface area contributed by atoms with Gasteiger partial charge in [-0.2, -0.15) is 0 Å². The number of halogens is 1. The summed E-state index contributed by atoms with van der Waals surface area (Å²) < 4.78 is 13.4. The standard InChI is InChI=1S/C21H20FN5O/c22-17-3-1-2-16(14-17)19-4-5-20(26-25-19)27-12-8-18(9-13-27)24-21(28)15-6-10-23-11-7-15/h1-7,10-11,14,18H,8-9,12-13H2,(H,24,28). The average molecular weight is 377 g/mol. The third-order valence-electron chi connectivity index (χ3n) is 4.87. The first-order valence-electron chi connectivity index (χ1n) is 9.24. The maximum Gasteiger partial charge on any atom is 0.251 e. The molecule has 6 nitrogen and oxygen atoms in total. The minimum Gasteiger partial charge on any atom is -0.355 e. The van der Waals surface area contributed by atoms with Crippen molar-refractivity contribution in [2.75, 3.05) is 18.0 Å². The Balaban J connectivity index is 1.34. The molecule has 0 unspecified atom stereocenters. The first kappa shape index (κ1) is 18.0. The number of benzene rings is 1. The largest absolute Gasteiger partial charge is 0.355 e. The molecular weight excluding hydrogens is 357 g/mol. The van der Waals surface area contributed by atoms with Crippen molar-refractivity contribution < 1.29 is 9.18 Å². The van der Waals surface area contributed by atoms with Crippen LogP contribution in [0.1, 0.15) is 23.2 Å². The minimum absolute atomic E-state index is 0.0694. The van der Waals surface area contributed by atoms with Crippen molar-refractivity contribution in [1.82, 2.24) is 20.5 Å². The lowest BCUT2D eigenvalue weighted by Gasteiger charge is -2.32. The van der Waals surface area contributed by atoms with E-state index in [4.69, 9.17) is 0 Å². The molecule has 142 valence electrons. The van der Waals surface area contributed by atoms with E-state index in [1.54, 1.807) is 30.6 Å². The van der Waals surface area contributed by atoms with E-state index < -0.39 is 0 Å². The molecule has 7 heteroatoms. The highest BCUT2D eigenvalue weighted by atomic mass is 19.1. The zero-order valence-corrected chi connectivity index (χ0v) is 15.3. The van der Waals surface area contributed by atoms with Crippen LogP contribution in [-0.2, 0) is 0 Å². The Bertz CT molecular complexity index is 941. The summed E-state index contributed by atoms with van der Waals surface area (Å²) in [6.07, 6.45) is 4.90. The fourth-order valence-corrected chi connectivity index (χ4v) is 3.32. The van der Waals surface area contributed by atoms with Gasteiger partial charge < -0.3 is 10.2 Å². The van der Waals surface area contributed by atoms with Crippen LogP contribution in [0.3, 0.4) is 0 Å². The normalized spacial score (nSPS) is 14.7. The first-order valence-corrected chi connectivity index (χ1v) is 9.24. The number of rotatable bonds is 4. The summed E-state index contributed by atoms with van der Waals surface area (Å²) in [4.78, 5) is 18.3. The van der Waals surface area contributed by atoms with Gasteiger partial charge in [-0.05, 0) is 49.2 Å². The lowest BCUT2D eigenvalue weighted by Crippen LogP contribution is -2.45. The highest BCUT2D eigenvalue weighted by Gasteiger charge is 2.22. The highest BCUT2D eigenvalue weighted by Crippen LogP contribution is 2.21. The van der Waals surface area contributed by atoms with Crippen molar-refractivity contribution in [3.05, 3.63) is 72.3 Å². The number of hydrogen-bond donors (Lipinski definition) is 1. The third-order valence-corrected chi connectivity index (χ3v) is 4.87. The van der Waals surface area contributed by atoms with Crippen LogP contribution in [0.5, 0.6) is 0 Å². The predicted molar refractivity (Wildman–Crippen MR) is 104 cm³/mol. The van der Waals surface area contributed by atoms with Crippen LogP contribution in [0.15, 0.2) is 60.9 Å². The zero-order valence-electron chi connectivity index (χ0n) is 15.3.